The average molecular weight is 332 g/mol. The fourth-order valence-corrected chi connectivity index (χ4v) is 3.84. The van der Waals surface area contributed by atoms with E-state index in [1.807, 2.05) is 34.6 Å². The van der Waals surface area contributed by atoms with Crippen molar-refractivity contribution in [2.45, 2.75) is 57.9 Å². The molecule has 0 radical (unpaired) electrons. The number of piperidine rings is 1. The molecule has 0 aliphatic carbocycles. The zero-order chi connectivity index (χ0) is 17.1. The van der Waals surface area contributed by atoms with Gasteiger partial charge in [0.2, 0.25) is 11.8 Å². The molecule has 6 heteroatoms. The highest BCUT2D eigenvalue weighted by Crippen LogP contribution is 2.22. The number of aryl methyl sites for hydroxylation is 2. The van der Waals surface area contributed by atoms with E-state index in [4.69, 9.17) is 0 Å². The van der Waals surface area contributed by atoms with Crippen LogP contribution in [-0.2, 0) is 23.1 Å². The molecule has 2 aliphatic rings. The SMILES string of the molecule is Cc1c(CCC(=O)N2CCCCC2CN2CCCC2=O)cnn1C. The summed E-state index contributed by atoms with van der Waals surface area (Å²) in [7, 11) is 1.92. The lowest BCUT2D eigenvalue weighted by Crippen LogP contribution is -2.49. The largest absolute Gasteiger partial charge is 0.341 e. The van der Waals surface area contributed by atoms with E-state index in [-0.39, 0.29) is 17.9 Å². The standard InChI is InChI=1S/C18H28N4O2/c1-14-15(12-19-20(14)2)8-9-18(24)22-11-4-3-6-16(22)13-21-10-5-7-17(21)23/h12,16H,3-11,13H2,1-2H3. The molecule has 1 aromatic heterocycles. The van der Waals surface area contributed by atoms with Gasteiger partial charge in [-0.25, -0.2) is 0 Å². The molecule has 0 bridgehead atoms. The van der Waals surface area contributed by atoms with E-state index in [1.54, 1.807) is 0 Å². The van der Waals surface area contributed by atoms with Crippen LogP contribution in [0.3, 0.4) is 0 Å². The summed E-state index contributed by atoms with van der Waals surface area (Å²) in [5.41, 5.74) is 2.27. The highest BCUT2D eigenvalue weighted by Gasteiger charge is 2.31. The van der Waals surface area contributed by atoms with E-state index in [1.165, 1.54) is 0 Å². The predicted molar refractivity (Wildman–Crippen MR) is 91.4 cm³/mol. The van der Waals surface area contributed by atoms with Crippen LogP contribution >= 0.6 is 0 Å². The minimum atomic E-state index is 0.197. The van der Waals surface area contributed by atoms with Gasteiger partial charge in [0, 0.05) is 51.3 Å². The van der Waals surface area contributed by atoms with Crippen molar-refractivity contribution in [2.75, 3.05) is 19.6 Å². The Balaban J connectivity index is 1.58. The molecule has 1 atom stereocenters. The zero-order valence-electron chi connectivity index (χ0n) is 14.8. The number of carbonyl (C=O) groups is 2. The van der Waals surface area contributed by atoms with E-state index in [9.17, 15) is 9.59 Å². The van der Waals surface area contributed by atoms with Crippen molar-refractivity contribution in [3.05, 3.63) is 17.5 Å². The van der Waals surface area contributed by atoms with Crippen molar-refractivity contribution in [3.63, 3.8) is 0 Å². The fraction of sp³-hybridized carbons (Fsp3) is 0.722. The van der Waals surface area contributed by atoms with Crippen LogP contribution < -0.4 is 0 Å². The Morgan fingerprint density at radius 1 is 1.29 bits per heavy atom. The summed E-state index contributed by atoms with van der Waals surface area (Å²) < 4.78 is 1.85. The Labute approximate surface area is 143 Å². The van der Waals surface area contributed by atoms with Gasteiger partial charge in [-0.05, 0) is 44.6 Å². The Hall–Kier alpha value is -1.85. The maximum atomic E-state index is 12.8. The Bertz CT molecular complexity index is 610. The summed E-state index contributed by atoms with van der Waals surface area (Å²) in [6.45, 7) is 4.44. The third kappa shape index (κ3) is 3.62. The van der Waals surface area contributed by atoms with Crippen molar-refractivity contribution in [1.29, 1.82) is 0 Å². The molecule has 2 saturated heterocycles. The molecule has 24 heavy (non-hydrogen) atoms. The van der Waals surface area contributed by atoms with Gasteiger partial charge in [0.1, 0.15) is 0 Å². The number of amides is 2. The number of carbonyl (C=O) groups excluding carboxylic acids is 2. The second-order valence-electron chi connectivity index (χ2n) is 7.06. The number of aromatic nitrogens is 2. The van der Waals surface area contributed by atoms with Crippen LogP contribution in [-0.4, -0.2) is 57.1 Å². The quantitative estimate of drug-likeness (QED) is 0.824. The van der Waals surface area contributed by atoms with Crippen LogP contribution in [0.2, 0.25) is 0 Å². The predicted octanol–water partition coefficient (Wildman–Crippen LogP) is 1.66. The minimum Gasteiger partial charge on any atom is -0.341 e. The lowest BCUT2D eigenvalue weighted by molar-refractivity contribution is -0.137. The van der Waals surface area contributed by atoms with Gasteiger partial charge >= 0.3 is 0 Å². The first-order chi connectivity index (χ1) is 11.6. The summed E-state index contributed by atoms with van der Waals surface area (Å²) in [5.74, 6) is 0.466. The first-order valence-corrected chi connectivity index (χ1v) is 9.11. The van der Waals surface area contributed by atoms with E-state index in [2.05, 4.69) is 5.10 Å². The van der Waals surface area contributed by atoms with Crippen molar-refractivity contribution < 1.29 is 9.59 Å². The molecule has 2 aliphatic heterocycles. The molecule has 0 saturated carbocycles. The minimum absolute atomic E-state index is 0.197. The molecule has 3 rings (SSSR count). The van der Waals surface area contributed by atoms with Crippen LogP contribution in [0.5, 0.6) is 0 Å². The number of rotatable bonds is 5. The fourth-order valence-electron chi connectivity index (χ4n) is 3.84. The topological polar surface area (TPSA) is 58.4 Å². The third-order valence-electron chi connectivity index (χ3n) is 5.50. The highest BCUT2D eigenvalue weighted by atomic mass is 16.2. The van der Waals surface area contributed by atoms with Gasteiger partial charge in [-0.15, -0.1) is 0 Å². The Morgan fingerprint density at radius 3 is 2.79 bits per heavy atom. The van der Waals surface area contributed by atoms with Crippen molar-refractivity contribution in [1.82, 2.24) is 19.6 Å². The molecule has 1 unspecified atom stereocenters. The van der Waals surface area contributed by atoms with E-state index in [0.29, 0.717) is 12.8 Å². The number of hydrogen-bond acceptors (Lipinski definition) is 3. The number of likely N-dealkylation sites (tertiary alicyclic amines) is 2. The first-order valence-electron chi connectivity index (χ1n) is 9.11. The molecular formula is C18H28N4O2. The van der Waals surface area contributed by atoms with Crippen molar-refractivity contribution in [2.24, 2.45) is 7.05 Å². The van der Waals surface area contributed by atoms with Gasteiger partial charge in [-0.3, -0.25) is 14.3 Å². The van der Waals surface area contributed by atoms with Crippen molar-refractivity contribution >= 4 is 11.8 Å². The summed E-state index contributed by atoms with van der Waals surface area (Å²) in [6, 6.07) is 0.197. The molecule has 6 nitrogen and oxygen atoms in total. The van der Waals surface area contributed by atoms with Crippen LogP contribution in [0, 0.1) is 6.92 Å². The maximum Gasteiger partial charge on any atom is 0.223 e. The molecule has 0 N–H and O–H groups in total. The van der Waals surface area contributed by atoms with E-state index >= 15 is 0 Å². The molecule has 0 aromatic carbocycles. The molecule has 132 valence electrons. The number of nitrogens with zero attached hydrogens (tertiary/aromatic N) is 4. The summed E-state index contributed by atoms with van der Waals surface area (Å²) >= 11 is 0. The normalized spacial score (nSPS) is 21.6. The lowest BCUT2D eigenvalue weighted by atomic mass is 10.00. The van der Waals surface area contributed by atoms with E-state index < -0.39 is 0 Å². The highest BCUT2D eigenvalue weighted by molar-refractivity contribution is 5.79. The smallest absolute Gasteiger partial charge is 0.223 e. The van der Waals surface area contributed by atoms with Gasteiger partial charge in [0.05, 0.1) is 6.20 Å². The van der Waals surface area contributed by atoms with Gasteiger partial charge in [-0.1, -0.05) is 0 Å². The first kappa shape index (κ1) is 17.0. The van der Waals surface area contributed by atoms with Crippen LogP contribution in [0.15, 0.2) is 6.20 Å². The monoisotopic (exact) mass is 332 g/mol. The second kappa shape index (κ2) is 7.36. The summed E-state index contributed by atoms with van der Waals surface area (Å²) in [4.78, 5) is 28.6. The van der Waals surface area contributed by atoms with Gasteiger partial charge < -0.3 is 9.80 Å². The second-order valence-corrected chi connectivity index (χ2v) is 7.06. The third-order valence-corrected chi connectivity index (χ3v) is 5.50. The molecule has 0 spiro atoms. The van der Waals surface area contributed by atoms with Gasteiger partial charge in [0.15, 0.2) is 0 Å². The molecular weight excluding hydrogens is 304 g/mol. The van der Waals surface area contributed by atoms with Crippen LogP contribution in [0.4, 0.5) is 0 Å². The van der Waals surface area contributed by atoms with Gasteiger partial charge in [0.25, 0.3) is 0 Å². The molecule has 3 heterocycles. The van der Waals surface area contributed by atoms with E-state index in [0.717, 1.165) is 63.0 Å². The summed E-state index contributed by atoms with van der Waals surface area (Å²) in [5, 5.41) is 4.25. The molecule has 1 aromatic rings. The maximum absolute atomic E-state index is 12.8. The Kier molecular flexibility index (Phi) is 5.21. The zero-order valence-corrected chi connectivity index (χ0v) is 14.8. The van der Waals surface area contributed by atoms with Gasteiger partial charge in [-0.2, -0.15) is 5.10 Å². The van der Waals surface area contributed by atoms with Crippen LogP contribution in [0.25, 0.3) is 0 Å². The number of hydrogen-bond donors (Lipinski definition) is 0. The molecule has 2 amide bonds. The molecule has 2 fully saturated rings. The lowest BCUT2D eigenvalue weighted by Gasteiger charge is -2.38. The Morgan fingerprint density at radius 2 is 2.12 bits per heavy atom. The summed E-state index contributed by atoms with van der Waals surface area (Å²) in [6.07, 6.45) is 7.99. The van der Waals surface area contributed by atoms with Crippen molar-refractivity contribution in [3.8, 4) is 0 Å². The average Bonchev–Trinajstić information content (AvgIpc) is 3.13. The van der Waals surface area contributed by atoms with Crippen LogP contribution in [0.1, 0.15) is 49.8 Å².